The van der Waals surface area contributed by atoms with Crippen LogP contribution < -0.4 is 0 Å². The first-order chi connectivity index (χ1) is 7.70. The van der Waals surface area contributed by atoms with E-state index in [1.807, 2.05) is 0 Å². The summed E-state index contributed by atoms with van der Waals surface area (Å²) in [5.74, 6) is 1.90. The Bertz CT molecular complexity index is 355. The molecule has 3 rings (SSSR count). The van der Waals surface area contributed by atoms with E-state index in [0.29, 0.717) is 17.5 Å². The van der Waals surface area contributed by atoms with Gasteiger partial charge < -0.3 is 5.21 Å². The van der Waals surface area contributed by atoms with Gasteiger partial charge in [-0.2, -0.15) is 0 Å². The molecule has 0 aromatic carbocycles. The lowest BCUT2D eigenvalue weighted by molar-refractivity contribution is -0.424. The molecule has 0 aliphatic heterocycles. The Balaban J connectivity index is 2.03. The molecule has 4 unspecified atom stereocenters. The molecule has 16 heavy (non-hydrogen) atoms. The fraction of sp³-hybridized carbons (Fsp3) is 0.846. The quantitative estimate of drug-likeness (QED) is 0.356. The lowest BCUT2D eigenvalue weighted by atomic mass is 9.65. The van der Waals surface area contributed by atoms with E-state index in [-0.39, 0.29) is 11.7 Å². The Kier molecular flexibility index (Phi) is 2.30. The largest absolute Gasteiger partial charge is 0.624 e. The van der Waals surface area contributed by atoms with Gasteiger partial charge in [0, 0.05) is 5.92 Å². The van der Waals surface area contributed by atoms with Gasteiger partial charge >= 0.3 is 0 Å². The van der Waals surface area contributed by atoms with Gasteiger partial charge in [-0.1, -0.05) is 25.7 Å². The van der Waals surface area contributed by atoms with E-state index in [0.717, 1.165) is 23.5 Å². The number of nitrogens with zero attached hydrogens (tertiary/aromatic N) is 1. The molecule has 3 fully saturated rings. The van der Waals surface area contributed by atoms with Gasteiger partial charge in [0.2, 0.25) is 11.5 Å². The van der Waals surface area contributed by atoms with Crippen LogP contribution in [0.3, 0.4) is 0 Å². The summed E-state index contributed by atoms with van der Waals surface area (Å²) in [5, 5.41) is 11.6. The number of hydroxylamine groups is 1. The van der Waals surface area contributed by atoms with E-state index in [9.17, 15) is 10.0 Å². The first kappa shape index (κ1) is 10.3. The summed E-state index contributed by atoms with van der Waals surface area (Å²) < 4.78 is 0.855. The van der Waals surface area contributed by atoms with Gasteiger partial charge in [0.15, 0.2) is 0 Å². The van der Waals surface area contributed by atoms with Gasteiger partial charge in [0.05, 0.1) is 5.92 Å². The molecule has 0 bridgehead atoms. The zero-order chi connectivity index (χ0) is 11.3. The highest BCUT2D eigenvalue weighted by atomic mass is 16.5. The summed E-state index contributed by atoms with van der Waals surface area (Å²) in [6, 6.07) is 0. The van der Waals surface area contributed by atoms with Crippen molar-refractivity contribution < 1.29 is 9.53 Å². The topological polar surface area (TPSA) is 43.1 Å². The van der Waals surface area contributed by atoms with E-state index in [1.165, 1.54) is 32.7 Å². The summed E-state index contributed by atoms with van der Waals surface area (Å²) in [4.78, 5) is 12.2. The highest BCUT2D eigenvalue weighted by Crippen LogP contribution is 2.51. The third-order valence-corrected chi connectivity index (χ3v) is 4.93. The van der Waals surface area contributed by atoms with Gasteiger partial charge in [-0.15, -0.1) is 0 Å². The van der Waals surface area contributed by atoms with Crippen molar-refractivity contribution >= 4 is 11.5 Å². The van der Waals surface area contributed by atoms with Crippen molar-refractivity contribution in [2.45, 2.75) is 38.5 Å². The summed E-state index contributed by atoms with van der Waals surface area (Å²) in [7, 11) is 1.49. The average Bonchev–Trinajstić information content (AvgIpc) is 2.55. The van der Waals surface area contributed by atoms with Crippen LogP contribution in [0.5, 0.6) is 0 Å². The van der Waals surface area contributed by atoms with E-state index >= 15 is 0 Å². The first-order valence-electron chi connectivity index (χ1n) is 6.52. The summed E-state index contributed by atoms with van der Waals surface area (Å²) in [6.07, 6.45) is 7.02. The van der Waals surface area contributed by atoms with E-state index in [2.05, 4.69) is 0 Å². The number of hydrogen-bond acceptors (Lipinski definition) is 2. The summed E-state index contributed by atoms with van der Waals surface area (Å²) in [6.45, 7) is 0. The number of Topliss-reactive ketones (excluding diaryl/α,β-unsaturated/α-hetero) is 1. The molecule has 0 saturated heterocycles. The van der Waals surface area contributed by atoms with Crippen molar-refractivity contribution in [2.24, 2.45) is 23.7 Å². The molecule has 0 aromatic rings. The molecular formula is C13H19NO2. The maximum absolute atomic E-state index is 12.2. The number of carbonyl (C=O) groups excluding carboxylic acids is 1. The van der Waals surface area contributed by atoms with Crippen LogP contribution >= 0.6 is 0 Å². The maximum Gasteiger partial charge on any atom is 0.233 e. The second kappa shape index (κ2) is 3.57. The SMILES string of the molecule is C/[N+]([O-])=C1\C(=O)C2CCCC3CCCC1C32. The highest BCUT2D eigenvalue weighted by molar-refractivity contribution is 6.41. The minimum Gasteiger partial charge on any atom is -0.624 e. The van der Waals surface area contributed by atoms with Crippen molar-refractivity contribution in [1.29, 1.82) is 0 Å². The van der Waals surface area contributed by atoms with Crippen LogP contribution in [0.2, 0.25) is 0 Å². The normalized spacial score (nSPS) is 45.4. The van der Waals surface area contributed by atoms with Crippen LogP contribution in [-0.4, -0.2) is 23.3 Å². The Hall–Kier alpha value is -0.860. The third kappa shape index (κ3) is 1.26. The lowest BCUT2D eigenvalue weighted by Gasteiger charge is -2.38. The zero-order valence-corrected chi connectivity index (χ0v) is 9.82. The van der Waals surface area contributed by atoms with Crippen LogP contribution in [0.4, 0.5) is 0 Å². The Morgan fingerprint density at radius 1 is 1.12 bits per heavy atom. The van der Waals surface area contributed by atoms with Crippen LogP contribution in [0.15, 0.2) is 0 Å². The van der Waals surface area contributed by atoms with Crippen molar-refractivity contribution in [2.75, 3.05) is 7.05 Å². The predicted octanol–water partition coefficient (Wildman–Crippen LogP) is 1.98. The van der Waals surface area contributed by atoms with Gasteiger partial charge in [-0.05, 0) is 24.7 Å². The van der Waals surface area contributed by atoms with Crippen molar-refractivity contribution in [1.82, 2.24) is 0 Å². The van der Waals surface area contributed by atoms with Crippen molar-refractivity contribution in [3.8, 4) is 0 Å². The van der Waals surface area contributed by atoms with Crippen molar-refractivity contribution in [3.63, 3.8) is 0 Å². The second-order valence-electron chi connectivity index (χ2n) is 5.66. The molecular weight excluding hydrogens is 202 g/mol. The van der Waals surface area contributed by atoms with Gasteiger partial charge in [-0.25, -0.2) is 4.74 Å². The Morgan fingerprint density at radius 3 is 2.38 bits per heavy atom. The smallest absolute Gasteiger partial charge is 0.233 e. The van der Waals surface area contributed by atoms with E-state index < -0.39 is 0 Å². The minimum absolute atomic E-state index is 0.180. The van der Waals surface area contributed by atoms with E-state index in [1.54, 1.807) is 0 Å². The molecule has 0 heterocycles. The monoisotopic (exact) mass is 221 g/mol. The van der Waals surface area contributed by atoms with Crippen molar-refractivity contribution in [3.05, 3.63) is 5.21 Å². The molecule has 0 aromatic heterocycles. The lowest BCUT2D eigenvalue weighted by Crippen LogP contribution is -2.34. The molecule has 3 saturated carbocycles. The minimum atomic E-state index is 0.180. The molecule has 3 aliphatic rings. The molecule has 0 radical (unpaired) electrons. The molecule has 0 N–H and O–H groups in total. The van der Waals surface area contributed by atoms with Gasteiger partial charge in [0.25, 0.3) is 0 Å². The molecule has 4 atom stereocenters. The number of hydrogen-bond donors (Lipinski definition) is 0. The second-order valence-corrected chi connectivity index (χ2v) is 5.66. The number of rotatable bonds is 0. The molecule has 3 heteroatoms. The summed E-state index contributed by atoms with van der Waals surface area (Å²) in [5.41, 5.74) is 0.599. The fourth-order valence-corrected chi connectivity index (χ4v) is 4.44. The molecule has 3 aliphatic carbocycles. The molecule has 3 nitrogen and oxygen atoms in total. The molecule has 0 amide bonds. The van der Waals surface area contributed by atoms with Gasteiger partial charge in [-0.3, -0.25) is 4.79 Å². The molecule has 0 spiro atoms. The third-order valence-electron chi connectivity index (χ3n) is 4.93. The Labute approximate surface area is 96.1 Å². The van der Waals surface area contributed by atoms with Crippen LogP contribution in [0.1, 0.15) is 38.5 Å². The average molecular weight is 221 g/mol. The Morgan fingerprint density at radius 2 is 1.75 bits per heavy atom. The first-order valence-corrected chi connectivity index (χ1v) is 6.52. The molecule has 88 valence electrons. The fourth-order valence-electron chi connectivity index (χ4n) is 4.44. The van der Waals surface area contributed by atoms with Gasteiger partial charge in [0.1, 0.15) is 7.05 Å². The zero-order valence-electron chi connectivity index (χ0n) is 9.82. The highest BCUT2D eigenvalue weighted by Gasteiger charge is 2.56. The van der Waals surface area contributed by atoms with Crippen LogP contribution in [-0.2, 0) is 4.79 Å². The van der Waals surface area contributed by atoms with Crippen LogP contribution in [0, 0.1) is 28.9 Å². The maximum atomic E-state index is 12.2. The van der Waals surface area contributed by atoms with E-state index in [4.69, 9.17) is 0 Å². The number of ketones is 1. The standard InChI is InChI=1S/C13H19NO2/c1-14(16)12-9-6-2-4-8-5-3-7-10(11(8)9)13(12)15/h8-11H,2-7H2,1H3/b14-12+. The predicted molar refractivity (Wildman–Crippen MR) is 61.2 cm³/mol. The van der Waals surface area contributed by atoms with Crippen LogP contribution in [0.25, 0.3) is 0 Å². The number of carbonyl (C=O) groups is 1. The summed E-state index contributed by atoms with van der Waals surface area (Å²) >= 11 is 0.